The van der Waals surface area contributed by atoms with Crippen molar-refractivity contribution < 1.29 is 14.7 Å². The summed E-state index contributed by atoms with van der Waals surface area (Å²) < 4.78 is 0. The Labute approximate surface area is 109 Å². The van der Waals surface area contributed by atoms with E-state index in [9.17, 15) is 9.59 Å². The van der Waals surface area contributed by atoms with Gasteiger partial charge < -0.3 is 16.2 Å². The maximum Gasteiger partial charge on any atom is 0.326 e. The number of carboxylic acids is 1. The van der Waals surface area contributed by atoms with Crippen LogP contribution in [0, 0.1) is 17.8 Å². The van der Waals surface area contributed by atoms with Crippen LogP contribution >= 0.6 is 0 Å². The van der Waals surface area contributed by atoms with Gasteiger partial charge in [0.15, 0.2) is 0 Å². The predicted octanol–water partition coefficient (Wildman–Crippen LogP) is 1.22. The van der Waals surface area contributed by atoms with Gasteiger partial charge in [-0.3, -0.25) is 4.79 Å². The smallest absolute Gasteiger partial charge is 0.326 e. The first-order valence-corrected chi connectivity index (χ1v) is 6.51. The summed E-state index contributed by atoms with van der Waals surface area (Å²) in [7, 11) is 0. The van der Waals surface area contributed by atoms with Crippen molar-refractivity contribution in [2.24, 2.45) is 23.5 Å². The Hall–Kier alpha value is -1.10. The minimum absolute atomic E-state index is 0.216. The highest BCUT2D eigenvalue weighted by Gasteiger charge is 2.25. The summed E-state index contributed by atoms with van der Waals surface area (Å²) in [4.78, 5) is 23.0. The second kappa shape index (κ2) is 8.08. The summed E-state index contributed by atoms with van der Waals surface area (Å²) in [6, 6.07) is -0.821. The molecule has 0 rings (SSSR count). The van der Waals surface area contributed by atoms with Gasteiger partial charge in [-0.25, -0.2) is 4.79 Å². The van der Waals surface area contributed by atoms with Crippen molar-refractivity contribution in [3.63, 3.8) is 0 Å². The Morgan fingerprint density at radius 1 is 1.11 bits per heavy atom. The number of nitrogens with two attached hydrogens (primary N) is 1. The molecule has 4 N–H and O–H groups in total. The van der Waals surface area contributed by atoms with Crippen LogP contribution in [0.2, 0.25) is 0 Å². The molecule has 0 saturated carbocycles. The zero-order valence-electron chi connectivity index (χ0n) is 11.8. The summed E-state index contributed by atoms with van der Waals surface area (Å²) >= 11 is 0. The van der Waals surface area contributed by atoms with Gasteiger partial charge in [0.1, 0.15) is 6.04 Å². The van der Waals surface area contributed by atoms with E-state index in [1.807, 2.05) is 27.7 Å². The van der Waals surface area contributed by atoms with Gasteiger partial charge in [0.2, 0.25) is 5.91 Å². The number of carbonyl (C=O) groups excluding carboxylic acids is 1. The van der Waals surface area contributed by atoms with E-state index in [0.29, 0.717) is 18.8 Å². The van der Waals surface area contributed by atoms with Crippen molar-refractivity contribution in [3.05, 3.63) is 0 Å². The maximum absolute atomic E-state index is 12.0. The number of nitrogens with one attached hydrogen (secondary N) is 1. The molecule has 18 heavy (non-hydrogen) atoms. The van der Waals surface area contributed by atoms with Gasteiger partial charge >= 0.3 is 5.97 Å². The molecule has 2 atom stereocenters. The normalized spacial score (nSPS) is 14.6. The van der Waals surface area contributed by atoms with Gasteiger partial charge in [-0.15, -0.1) is 0 Å². The van der Waals surface area contributed by atoms with E-state index < -0.39 is 12.0 Å². The van der Waals surface area contributed by atoms with Crippen molar-refractivity contribution in [1.29, 1.82) is 0 Å². The average molecular weight is 258 g/mol. The largest absolute Gasteiger partial charge is 0.480 e. The lowest BCUT2D eigenvalue weighted by atomic mass is 9.95. The van der Waals surface area contributed by atoms with Crippen molar-refractivity contribution in [3.8, 4) is 0 Å². The van der Waals surface area contributed by atoms with Crippen molar-refractivity contribution in [2.45, 2.75) is 46.6 Å². The molecule has 1 unspecified atom stereocenters. The highest BCUT2D eigenvalue weighted by atomic mass is 16.4. The molecule has 0 aliphatic heterocycles. The Morgan fingerprint density at radius 2 is 1.61 bits per heavy atom. The third-order valence-corrected chi connectivity index (χ3v) is 2.73. The molecular formula is C13H26N2O3. The SMILES string of the molecule is CC(C)CC(CN)C(=O)N[C@H](CC(C)C)C(=O)O. The summed E-state index contributed by atoms with van der Waals surface area (Å²) in [6.45, 7) is 8.13. The van der Waals surface area contributed by atoms with E-state index in [2.05, 4.69) is 5.32 Å². The van der Waals surface area contributed by atoms with Crippen LogP contribution in [0.1, 0.15) is 40.5 Å². The lowest BCUT2D eigenvalue weighted by molar-refractivity contribution is -0.143. The first-order chi connectivity index (χ1) is 8.27. The molecule has 0 aromatic heterocycles. The molecule has 106 valence electrons. The fourth-order valence-electron chi connectivity index (χ4n) is 1.86. The van der Waals surface area contributed by atoms with E-state index in [-0.39, 0.29) is 24.3 Å². The second-order valence-electron chi connectivity index (χ2n) is 5.59. The average Bonchev–Trinajstić information content (AvgIpc) is 2.23. The molecule has 0 heterocycles. The van der Waals surface area contributed by atoms with Gasteiger partial charge in [-0.1, -0.05) is 27.7 Å². The zero-order valence-corrected chi connectivity index (χ0v) is 11.8. The maximum atomic E-state index is 12.0. The van der Waals surface area contributed by atoms with Gasteiger partial charge in [0.05, 0.1) is 5.92 Å². The summed E-state index contributed by atoms with van der Waals surface area (Å²) in [5.41, 5.74) is 5.57. The van der Waals surface area contributed by atoms with Crippen LogP contribution in [0.3, 0.4) is 0 Å². The number of carbonyl (C=O) groups is 2. The van der Waals surface area contributed by atoms with Gasteiger partial charge in [-0.2, -0.15) is 0 Å². The van der Waals surface area contributed by atoms with E-state index in [4.69, 9.17) is 10.8 Å². The summed E-state index contributed by atoms with van der Waals surface area (Å²) in [5, 5.41) is 11.6. The minimum Gasteiger partial charge on any atom is -0.480 e. The van der Waals surface area contributed by atoms with E-state index in [0.717, 1.165) is 0 Å². The molecule has 0 aliphatic carbocycles. The molecule has 0 aromatic rings. The van der Waals surface area contributed by atoms with Crippen molar-refractivity contribution in [1.82, 2.24) is 5.32 Å². The number of hydrogen-bond donors (Lipinski definition) is 3. The van der Waals surface area contributed by atoms with Crippen molar-refractivity contribution in [2.75, 3.05) is 6.54 Å². The quantitative estimate of drug-likeness (QED) is 0.610. The molecule has 0 bridgehead atoms. The molecule has 0 saturated heterocycles. The van der Waals surface area contributed by atoms with Gasteiger partial charge in [0.25, 0.3) is 0 Å². The molecular weight excluding hydrogens is 232 g/mol. The third-order valence-electron chi connectivity index (χ3n) is 2.73. The Balaban J connectivity index is 4.51. The third kappa shape index (κ3) is 6.59. The molecule has 0 aliphatic rings. The van der Waals surface area contributed by atoms with Gasteiger partial charge in [0, 0.05) is 6.54 Å². The molecule has 0 aromatic carbocycles. The molecule has 0 spiro atoms. The van der Waals surface area contributed by atoms with E-state index in [1.54, 1.807) is 0 Å². The summed E-state index contributed by atoms with van der Waals surface area (Å²) in [5.74, 6) is -0.971. The van der Waals surface area contributed by atoms with Crippen LogP contribution < -0.4 is 11.1 Å². The number of hydrogen-bond acceptors (Lipinski definition) is 3. The fraction of sp³-hybridized carbons (Fsp3) is 0.846. The first kappa shape index (κ1) is 16.9. The topological polar surface area (TPSA) is 92.4 Å². The predicted molar refractivity (Wildman–Crippen MR) is 71.0 cm³/mol. The molecule has 1 amide bonds. The molecule has 0 fully saturated rings. The minimum atomic E-state index is -0.989. The highest BCUT2D eigenvalue weighted by molar-refractivity contribution is 5.85. The lowest BCUT2D eigenvalue weighted by Crippen LogP contribution is -2.46. The Kier molecular flexibility index (Phi) is 7.59. The summed E-state index contributed by atoms with van der Waals surface area (Å²) in [6.07, 6.45) is 1.11. The molecule has 5 nitrogen and oxygen atoms in total. The van der Waals surface area contributed by atoms with Crippen LogP contribution in [-0.4, -0.2) is 29.6 Å². The van der Waals surface area contributed by atoms with Crippen LogP contribution in [0.15, 0.2) is 0 Å². The number of aliphatic carboxylic acids is 1. The monoisotopic (exact) mass is 258 g/mol. The van der Waals surface area contributed by atoms with Crippen molar-refractivity contribution >= 4 is 11.9 Å². The second-order valence-corrected chi connectivity index (χ2v) is 5.59. The Bertz CT molecular complexity index is 277. The zero-order chi connectivity index (χ0) is 14.3. The number of amides is 1. The van der Waals surface area contributed by atoms with Crippen LogP contribution in [-0.2, 0) is 9.59 Å². The number of rotatable bonds is 8. The van der Waals surface area contributed by atoms with Crippen LogP contribution in [0.4, 0.5) is 0 Å². The van der Waals surface area contributed by atoms with Crippen LogP contribution in [0.25, 0.3) is 0 Å². The lowest BCUT2D eigenvalue weighted by Gasteiger charge is -2.21. The number of carboxylic acid groups (broad SMARTS) is 1. The first-order valence-electron chi connectivity index (χ1n) is 6.51. The van der Waals surface area contributed by atoms with Gasteiger partial charge in [-0.05, 0) is 24.7 Å². The van der Waals surface area contributed by atoms with Crippen LogP contribution in [0.5, 0.6) is 0 Å². The fourth-order valence-corrected chi connectivity index (χ4v) is 1.86. The standard InChI is InChI=1S/C13H26N2O3/c1-8(2)5-10(7-14)12(16)15-11(13(17)18)6-9(3)4/h8-11H,5-7,14H2,1-4H3,(H,15,16)(H,17,18)/t10?,11-/m1/s1. The molecule has 0 radical (unpaired) electrons. The Morgan fingerprint density at radius 3 is 1.94 bits per heavy atom. The highest BCUT2D eigenvalue weighted by Crippen LogP contribution is 2.12. The van der Waals surface area contributed by atoms with E-state index in [1.165, 1.54) is 0 Å². The van der Waals surface area contributed by atoms with E-state index >= 15 is 0 Å². The molecule has 5 heteroatoms.